The molecule has 1 atom stereocenters. The maximum atomic E-state index is 14.1. The van der Waals surface area contributed by atoms with Crippen LogP contribution < -0.4 is 9.46 Å². The van der Waals surface area contributed by atoms with Crippen LogP contribution >= 0.6 is 0 Å². The molecule has 2 heterocycles. The summed E-state index contributed by atoms with van der Waals surface area (Å²) in [6.45, 7) is 12.2. The number of fused-ring (bicyclic) bond motifs is 1. The third-order valence-corrected chi connectivity index (χ3v) is 8.14. The zero-order chi connectivity index (χ0) is 29.7. The van der Waals surface area contributed by atoms with Crippen LogP contribution in [-0.4, -0.2) is 31.4 Å². The molecule has 0 aliphatic heterocycles. The minimum atomic E-state index is -1.21. The molecule has 4 rings (SSSR count). The summed E-state index contributed by atoms with van der Waals surface area (Å²) in [5.41, 5.74) is 5.55. The first-order valence-corrected chi connectivity index (χ1v) is 14.9. The number of hydrogen-bond donors (Lipinski definition) is 1. The summed E-state index contributed by atoms with van der Waals surface area (Å²) in [5, 5.41) is 1.10. The molecule has 0 radical (unpaired) electrons. The van der Waals surface area contributed by atoms with Gasteiger partial charge in [0.05, 0.1) is 18.8 Å². The Morgan fingerprint density at radius 3 is 2.63 bits per heavy atom. The van der Waals surface area contributed by atoms with Crippen LogP contribution in [0.15, 0.2) is 60.9 Å². The van der Waals surface area contributed by atoms with Crippen LogP contribution in [0.3, 0.4) is 0 Å². The van der Waals surface area contributed by atoms with E-state index in [1.165, 1.54) is 19.1 Å². The molecule has 1 N–H and O–H groups in total. The predicted molar refractivity (Wildman–Crippen MR) is 161 cm³/mol. The second-order valence-corrected chi connectivity index (χ2v) is 13.3. The zero-order valence-electron chi connectivity index (χ0n) is 24.5. The van der Waals surface area contributed by atoms with E-state index >= 15 is 0 Å². The number of benzene rings is 2. The summed E-state index contributed by atoms with van der Waals surface area (Å²) in [6, 6.07) is 14.9. The van der Waals surface area contributed by atoms with Crippen LogP contribution in [0.5, 0.6) is 5.75 Å². The lowest BCUT2D eigenvalue weighted by Crippen LogP contribution is -2.39. The molecular formula is C32H38FN3O4S. The third-order valence-electron chi connectivity index (χ3n) is 6.62. The van der Waals surface area contributed by atoms with E-state index in [2.05, 4.69) is 52.5 Å². The predicted octanol–water partition coefficient (Wildman–Crippen LogP) is 6.66. The number of hydrogen-bond acceptors (Lipinski definition) is 6. The first-order chi connectivity index (χ1) is 19.4. The lowest BCUT2D eigenvalue weighted by atomic mass is 9.99. The molecule has 0 spiro atoms. The van der Waals surface area contributed by atoms with Gasteiger partial charge in [-0.3, -0.25) is 9.78 Å². The third kappa shape index (κ3) is 7.87. The second-order valence-electron chi connectivity index (χ2n) is 11.3. The number of nitrogens with zero attached hydrogens (tertiary/aromatic N) is 2. The summed E-state index contributed by atoms with van der Waals surface area (Å²) in [4.78, 5) is 15.7. The van der Waals surface area contributed by atoms with E-state index in [0.29, 0.717) is 18.7 Å². The monoisotopic (exact) mass is 579 g/mol. The molecule has 41 heavy (non-hydrogen) atoms. The molecule has 7 nitrogen and oxygen atoms in total. The Labute approximate surface area is 244 Å². The molecule has 1 unspecified atom stereocenters. The number of aromatic nitrogens is 2. The Balaban J connectivity index is 1.65. The van der Waals surface area contributed by atoms with E-state index in [1.54, 1.807) is 12.3 Å². The summed E-state index contributed by atoms with van der Waals surface area (Å²) in [5.74, 6) is -0.338. The second kappa shape index (κ2) is 13.1. The van der Waals surface area contributed by atoms with Crippen LogP contribution in [0.2, 0.25) is 0 Å². The fourth-order valence-corrected chi connectivity index (χ4v) is 5.24. The van der Waals surface area contributed by atoms with Crippen LogP contribution in [0.25, 0.3) is 22.0 Å². The molecule has 0 saturated heterocycles. The largest absolute Gasteiger partial charge is 0.598 e. The van der Waals surface area contributed by atoms with E-state index in [-0.39, 0.29) is 30.0 Å². The van der Waals surface area contributed by atoms with Crippen molar-refractivity contribution in [3.05, 3.63) is 83.6 Å². The molecule has 0 bridgehead atoms. The minimum Gasteiger partial charge on any atom is -0.598 e. The van der Waals surface area contributed by atoms with Gasteiger partial charge in [-0.2, -0.15) is 0 Å². The average Bonchev–Trinajstić information content (AvgIpc) is 3.35. The number of ether oxygens (including phenoxy) is 2. The standard InChI is InChI=1S/C32H38FN3O4S/c1-21(2)36-13-10-28-29(25-9-12-34-27(17-25)19-35-41(38)32(4,5)6)15-23(16-30(28)36)20-40-31-18-26(33)8-7-24(31)11-14-39-22(3)37/h7-10,12-13,15-18,21,35H,11,14,19-20H2,1-6H3. The topological polar surface area (TPSA) is 88.4 Å². The van der Waals surface area contributed by atoms with E-state index in [4.69, 9.17) is 9.47 Å². The maximum Gasteiger partial charge on any atom is 0.302 e. The van der Waals surface area contributed by atoms with Crippen LogP contribution in [0.4, 0.5) is 4.39 Å². The average molecular weight is 580 g/mol. The normalized spacial score (nSPS) is 12.6. The van der Waals surface area contributed by atoms with Gasteiger partial charge in [0, 0.05) is 60.1 Å². The van der Waals surface area contributed by atoms with Crippen molar-refractivity contribution < 1.29 is 23.2 Å². The van der Waals surface area contributed by atoms with Crippen molar-refractivity contribution in [1.82, 2.24) is 14.3 Å². The van der Waals surface area contributed by atoms with Gasteiger partial charge in [-0.15, -0.1) is 4.72 Å². The van der Waals surface area contributed by atoms with Gasteiger partial charge in [0.25, 0.3) is 0 Å². The van der Waals surface area contributed by atoms with Gasteiger partial charge in [-0.25, -0.2) is 4.39 Å². The fraction of sp³-hybridized carbons (Fsp3) is 0.375. The highest BCUT2D eigenvalue weighted by Crippen LogP contribution is 2.33. The Kier molecular flexibility index (Phi) is 9.73. The van der Waals surface area contributed by atoms with Gasteiger partial charge < -0.3 is 18.6 Å². The molecule has 0 amide bonds. The number of rotatable bonds is 11. The maximum absolute atomic E-state index is 14.1. The molecule has 4 aromatic rings. The highest BCUT2D eigenvalue weighted by atomic mass is 32.2. The number of halogens is 1. The first kappa shape index (κ1) is 30.6. The number of nitrogens with one attached hydrogen (secondary N) is 1. The van der Waals surface area contributed by atoms with Crippen molar-refractivity contribution >= 4 is 28.2 Å². The minimum absolute atomic E-state index is 0.192. The van der Waals surface area contributed by atoms with Crippen molar-refractivity contribution in [3.8, 4) is 16.9 Å². The summed E-state index contributed by atoms with van der Waals surface area (Å²) >= 11 is -1.21. The van der Waals surface area contributed by atoms with Crippen molar-refractivity contribution in [2.24, 2.45) is 0 Å². The molecule has 0 fully saturated rings. The summed E-state index contributed by atoms with van der Waals surface area (Å²) in [6.07, 6.45) is 4.27. The van der Waals surface area contributed by atoms with Crippen molar-refractivity contribution in [2.75, 3.05) is 6.61 Å². The Hall–Kier alpha value is -3.40. The number of carbonyl (C=O) groups is 1. The Morgan fingerprint density at radius 1 is 1.15 bits per heavy atom. The van der Waals surface area contributed by atoms with Gasteiger partial charge in [0.1, 0.15) is 22.9 Å². The van der Waals surface area contributed by atoms with E-state index in [1.807, 2.05) is 32.9 Å². The lowest BCUT2D eigenvalue weighted by Gasteiger charge is -2.23. The van der Waals surface area contributed by atoms with E-state index in [0.717, 1.165) is 38.9 Å². The quantitative estimate of drug-likeness (QED) is 0.158. The molecule has 218 valence electrons. The van der Waals surface area contributed by atoms with Crippen molar-refractivity contribution in [3.63, 3.8) is 0 Å². The molecule has 0 saturated carbocycles. The molecular weight excluding hydrogens is 541 g/mol. The number of carbonyl (C=O) groups excluding carboxylic acids is 1. The Bertz CT molecular complexity index is 1510. The van der Waals surface area contributed by atoms with Gasteiger partial charge >= 0.3 is 5.97 Å². The zero-order valence-corrected chi connectivity index (χ0v) is 25.3. The van der Waals surface area contributed by atoms with Crippen molar-refractivity contribution in [2.45, 2.75) is 71.9 Å². The molecule has 2 aromatic heterocycles. The highest BCUT2D eigenvalue weighted by Gasteiger charge is 2.26. The highest BCUT2D eigenvalue weighted by molar-refractivity contribution is 7.90. The lowest BCUT2D eigenvalue weighted by molar-refractivity contribution is -0.140. The van der Waals surface area contributed by atoms with Crippen LogP contribution in [-0.2, 0) is 40.5 Å². The fourth-order valence-electron chi connectivity index (χ4n) is 4.53. The molecule has 2 aromatic carbocycles. The first-order valence-electron chi connectivity index (χ1n) is 13.7. The molecule has 9 heteroatoms. The van der Waals surface area contributed by atoms with Crippen LogP contribution in [0.1, 0.15) is 64.4 Å². The van der Waals surface area contributed by atoms with E-state index < -0.39 is 17.2 Å². The number of esters is 1. The van der Waals surface area contributed by atoms with Gasteiger partial charge in [0.15, 0.2) is 0 Å². The van der Waals surface area contributed by atoms with E-state index in [9.17, 15) is 13.7 Å². The molecule has 0 aliphatic rings. The smallest absolute Gasteiger partial charge is 0.302 e. The number of pyridine rings is 1. The Morgan fingerprint density at radius 2 is 1.93 bits per heavy atom. The summed E-state index contributed by atoms with van der Waals surface area (Å²) < 4.78 is 42.8. The van der Waals surface area contributed by atoms with Crippen LogP contribution in [0, 0.1) is 5.82 Å². The SMILES string of the molecule is CC(=O)OCCc1ccc(F)cc1OCc1cc(-c2ccnc(CN[S+]([O-])C(C)(C)C)c2)c2ccn(C(C)C)c2c1. The van der Waals surface area contributed by atoms with Gasteiger partial charge in [-0.1, -0.05) is 6.07 Å². The van der Waals surface area contributed by atoms with Gasteiger partial charge in [0.2, 0.25) is 0 Å². The molecule has 0 aliphatic carbocycles. The van der Waals surface area contributed by atoms with Gasteiger partial charge in [-0.05, 0) is 93.3 Å². The van der Waals surface area contributed by atoms with Crippen molar-refractivity contribution in [1.29, 1.82) is 0 Å². The summed E-state index contributed by atoms with van der Waals surface area (Å²) in [7, 11) is 0.